The summed E-state index contributed by atoms with van der Waals surface area (Å²) in [5, 5.41) is 0.0442. The normalized spacial score (nSPS) is 21.8. The minimum absolute atomic E-state index is 0.0442. The third-order valence-corrected chi connectivity index (χ3v) is 4.62. The molecular weight excluding hydrogens is 301 g/mol. The zero-order valence-corrected chi connectivity index (χ0v) is 13.7. The number of hydrogen-bond donors (Lipinski definition) is 1. The highest BCUT2D eigenvalue weighted by molar-refractivity contribution is 6.32. The van der Waals surface area contributed by atoms with Crippen molar-refractivity contribution in [2.45, 2.75) is 44.9 Å². The molecule has 0 spiro atoms. The molecule has 1 aliphatic rings. The monoisotopic (exact) mass is 323 g/mol. The van der Waals surface area contributed by atoms with Crippen molar-refractivity contribution in [3.8, 4) is 5.75 Å². The predicted octanol–water partition coefficient (Wildman–Crippen LogP) is 5.75. The molecule has 1 N–H and O–H groups in total. The third-order valence-electron chi connectivity index (χ3n) is 4.27. The van der Waals surface area contributed by atoms with Crippen molar-refractivity contribution in [3.05, 3.63) is 53.5 Å². The molecule has 0 bridgehead atoms. The Labute approximate surface area is 137 Å². The van der Waals surface area contributed by atoms with E-state index in [9.17, 15) is 4.39 Å². The molecule has 2 rings (SSSR count). The van der Waals surface area contributed by atoms with Crippen LogP contribution in [0.3, 0.4) is 0 Å². The van der Waals surface area contributed by atoms with E-state index in [1.54, 1.807) is 24.4 Å². The average molecular weight is 324 g/mol. The summed E-state index contributed by atoms with van der Waals surface area (Å²) in [6.07, 6.45) is 10.7. The van der Waals surface area contributed by atoms with E-state index < -0.39 is 0 Å². The molecule has 0 aliphatic heterocycles. The van der Waals surface area contributed by atoms with Crippen molar-refractivity contribution < 1.29 is 9.23 Å². The zero-order valence-electron chi connectivity index (χ0n) is 12.9. The maximum Gasteiger partial charge on any atom is 0.176 e. The minimum Gasteiger partial charge on any atom is -0.381 e. The highest BCUT2D eigenvalue weighted by Gasteiger charge is 2.25. The van der Waals surface area contributed by atoms with Crippen LogP contribution in [0.4, 0.5) is 4.39 Å². The molecule has 0 aromatic heterocycles. The lowest BCUT2D eigenvalue weighted by Crippen LogP contribution is -2.15. The minimum atomic E-state index is -0.353. The fourth-order valence-corrected chi connectivity index (χ4v) is 3.26. The lowest BCUT2D eigenvalue weighted by molar-refractivity contribution is 0.241. The molecule has 22 heavy (non-hydrogen) atoms. The second-order valence-electron chi connectivity index (χ2n) is 5.74. The fourth-order valence-electron chi connectivity index (χ4n) is 3.05. The van der Waals surface area contributed by atoms with Crippen LogP contribution in [0, 0.1) is 11.7 Å². The Kier molecular flexibility index (Phi) is 6.32. The highest BCUT2D eigenvalue weighted by Crippen LogP contribution is 2.41. The van der Waals surface area contributed by atoms with E-state index in [1.165, 1.54) is 0 Å². The third kappa shape index (κ3) is 4.04. The van der Waals surface area contributed by atoms with E-state index in [4.69, 9.17) is 16.4 Å². The molecule has 0 unspecified atom stereocenters. The quantitative estimate of drug-likeness (QED) is 0.532. The van der Waals surface area contributed by atoms with Gasteiger partial charge in [-0.15, -0.1) is 6.58 Å². The number of nitrogens with one attached hydrogen (secondary N) is 1. The van der Waals surface area contributed by atoms with E-state index in [0.717, 1.165) is 32.1 Å². The molecule has 0 radical (unpaired) electrons. The highest BCUT2D eigenvalue weighted by atomic mass is 35.5. The van der Waals surface area contributed by atoms with Crippen LogP contribution in [0.2, 0.25) is 5.02 Å². The largest absolute Gasteiger partial charge is 0.381 e. The maximum atomic E-state index is 14.5. The van der Waals surface area contributed by atoms with Crippen LogP contribution in [0.15, 0.2) is 37.1 Å². The standard InChI is InChI=1S/C18H23ClFNO/c1-3-5-13-6-8-14(9-7-13)15-10-11-16(17(19)18(15)20)22-21-12-4-2/h3-4,10-14,21H,1,5-9H2,2H3. The summed E-state index contributed by atoms with van der Waals surface area (Å²) in [6, 6.07) is 3.53. The summed E-state index contributed by atoms with van der Waals surface area (Å²) in [5.74, 6) is 0.894. The van der Waals surface area contributed by atoms with Gasteiger partial charge in [-0.25, -0.2) is 9.87 Å². The van der Waals surface area contributed by atoms with Gasteiger partial charge in [-0.3, -0.25) is 0 Å². The molecule has 0 saturated heterocycles. The Morgan fingerprint density at radius 2 is 2.09 bits per heavy atom. The maximum absolute atomic E-state index is 14.5. The van der Waals surface area contributed by atoms with Crippen molar-refractivity contribution in [2.24, 2.45) is 5.92 Å². The first-order valence-corrected chi connectivity index (χ1v) is 8.17. The van der Waals surface area contributed by atoms with E-state index in [2.05, 4.69) is 12.1 Å². The van der Waals surface area contributed by atoms with Gasteiger partial charge in [0.2, 0.25) is 0 Å². The number of benzene rings is 1. The summed E-state index contributed by atoms with van der Waals surface area (Å²) >= 11 is 6.10. The first-order chi connectivity index (χ1) is 10.7. The van der Waals surface area contributed by atoms with Crippen molar-refractivity contribution in [2.75, 3.05) is 0 Å². The molecular formula is C18H23ClFNO. The van der Waals surface area contributed by atoms with Crippen LogP contribution in [0.25, 0.3) is 0 Å². The van der Waals surface area contributed by atoms with Gasteiger partial charge in [-0.1, -0.05) is 29.8 Å². The van der Waals surface area contributed by atoms with Crippen LogP contribution in [0.5, 0.6) is 5.75 Å². The SMILES string of the molecule is C=CCC1CCC(c2ccc(ONC=CC)c(Cl)c2F)CC1. The van der Waals surface area contributed by atoms with Crippen LogP contribution in [-0.2, 0) is 0 Å². The van der Waals surface area contributed by atoms with Crippen LogP contribution < -0.4 is 10.3 Å². The smallest absolute Gasteiger partial charge is 0.176 e. The van der Waals surface area contributed by atoms with Crippen molar-refractivity contribution in [1.29, 1.82) is 0 Å². The van der Waals surface area contributed by atoms with E-state index >= 15 is 0 Å². The first kappa shape index (κ1) is 16.9. The van der Waals surface area contributed by atoms with Gasteiger partial charge in [0.15, 0.2) is 5.75 Å². The summed E-state index contributed by atoms with van der Waals surface area (Å²) in [7, 11) is 0. The summed E-state index contributed by atoms with van der Waals surface area (Å²) in [4.78, 5) is 5.23. The fraction of sp³-hybridized carbons (Fsp3) is 0.444. The predicted molar refractivity (Wildman–Crippen MR) is 89.5 cm³/mol. The number of halogens is 2. The molecule has 1 aromatic rings. The average Bonchev–Trinajstić information content (AvgIpc) is 2.53. The van der Waals surface area contributed by atoms with Gasteiger partial charge >= 0.3 is 0 Å². The van der Waals surface area contributed by atoms with Gasteiger partial charge in [0.05, 0.1) is 0 Å². The molecule has 2 nitrogen and oxygen atoms in total. The van der Waals surface area contributed by atoms with E-state index in [1.807, 2.05) is 13.0 Å². The Balaban J connectivity index is 2.06. The molecule has 1 fully saturated rings. The van der Waals surface area contributed by atoms with Crippen molar-refractivity contribution in [3.63, 3.8) is 0 Å². The zero-order chi connectivity index (χ0) is 15.9. The van der Waals surface area contributed by atoms with Crippen molar-refractivity contribution in [1.82, 2.24) is 5.48 Å². The van der Waals surface area contributed by atoms with Crippen LogP contribution in [-0.4, -0.2) is 0 Å². The Morgan fingerprint density at radius 3 is 2.73 bits per heavy atom. The molecule has 4 heteroatoms. The second-order valence-corrected chi connectivity index (χ2v) is 6.12. The second kappa shape index (κ2) is 8.23. The van der Waals surface area contributed by atoms with E-state index in [-0.39, 0.29) is 16.8 Å². The molecule has 0 atom stereocenters. The molecule has 0 heterocycles. The van der Waals surface area contributed by atoms with Gasteiger partial charge in [0.1, 0.15) is 10.8 Å². The van der Waals surface area contributed by atoms with Gasteiger partial charge < -0.3 is 4.84 Å². The number of allylic oxidation sites excluding steroid dienone is 2. The van der Waals surface area contributed by atoms with Crippen LogP contribution >= 0.6 is 11.6 Å². The van der Waals surface area contributed by atoms with Gasteiger partial charge in [-0.05, 0) is 62.5 Å². The first-order valence-electron chi connectivity index (χ1n) is 7.79. The van der Waals surface area contributed by atoms with Gasteiger partial charge in [0.25, 0.3) is 0 Å². The lowest BCUT2D eigenvalue weighted by atomic mass is 9.77. The van der Waals surface area contributed by atoms with Gasteiger partial charge in [-0.2, -0.15) is 0 Å². The Bertz CT molecular complexity index is 536. The van der Waals surface area contributed by atoms with Gasteiger partial charge in [0, 0.05) is 6.20 Å². The topological polar surface area (TPSA) is 21.3 Å². The van der Waals surface area contributed by atoms with Crippen molar-refractivity contribution >= 4 is 11.6 Å². The molecule has 1 aliphatic carbocycles. The summed E-state index contributed by atoms with van der Waals surface area (Å²) in [5.41, 5.74) is 3.31. The number of hydroxylamine groups is 1. The molecule has 120 valence electrons. The summed E-state index contributed by atoms with van der Waals surface area (Å²) in [6.45, 7) is 5.65. The molecule has 1 aromatic carbocycles. The molecule has 1 saturated carbocycles. The van der Waals surface area contributed by atoms with E-state index in [0.29, 0.717) is 17.2 Å². The lowest BCUT2D eigenvalue weighted by Gasteiger charge is -2.28. The van der Waals surface area contributed by atoms with Crippen LogP contribution in [0.1, 0.15) is 50.5 Å². The Morgan fingerprint density at radius 1 is 1.36 bits per heavy atom. The Hall–Kier alpha value is -1.48. The number of hydrogen-bond acceptors (Lipinski definition) is 2. The number of rotatable bonds is 6. The molecule has 0 amide bonds. The summed E-state index contributed by atoms with van der Waals surface area (Å²) < 4.78 is 14.5.